The molecule has 6 nitrogen and oxygen atoms in total. The number of rotatable bonds is 7. The molecule has 1 aromatic heterocycles. The van der Waals surface area contributed by atoms with E-state index in [-0.39, 0.29) is 6.04 Å². The maximum atomic E-state index is 11.2. The minimum atomic E-state index is -3.26. The first-order valence-electron chi connectivity index (χ1n) is 7.09. The van der Waals surface area contributed by atoms with Crippen LogP contribution in [0.3, 0.4) is 0 Å². The number of aromatic nitrogens is 1. The Balaban J connectivity index is 2.17. The van der Waals surface area contributed by atoms with Crippen molar-refractivity contribution in [3.05, 3.63) is 29.1 Å². The van der Waals surface area contributed by atoms with Crippen molar-refractivity contribution in [2.24, 2.45) is 0 Å². The monoisotopic (exact) mass is 355 g/mol. The van der Waals surface area contributed by atoms with E-state index in [9.17, 15) is 8.42 Å². The van der Waals surface area contributed by atoms with Gasteiger partial charge in [-0.25, -0.2) is 13.4 Å². The van der Waals surface area contributed by atoms with Gasteiger partial charge in [0.05, 0.1) is 18.6 Å². The van der Waals surface area contributed by atoms with Crippen molar-refractivity contribution >= 4 is 32.2 Å². The number of methoxy groups -OCH3 is 1. The predicted molar refractivity (Wildman–Crippen MR) is 95.7 cm³/mol. The van der Waals surface area contributed by atoms with E-state index in [1.165, 1.54) is 0 Å². The Hall–Kier alpha value is -1.64. The van der Waals surface area contributed by atoms with E-state index in [4.69, 9.17) is 4.74 Å². The fourth-order valence-corrected chi connectivity index (χ4v) is 3.65. The third-order valence-electron chi connectivity index (χ3n) is 3.04. The van der Waals surface area contributed by atoms with Crippen molar-refractivity contribution in [1.82, 2.24) is 4.98 Å². The molecule has 23 heavy (non-hydrogen) atoms. The van der Waals surface area contributed by atoms with Gasteiger partial charge in [-0.3, -0.25) is 4.72 Å². The Morgan fingerprint density at radius 3 is 2.52 bits per heavy atom. The maximum absolute atomic E-state index is 11.2. The molecule has 0 fully saturated rings. The summed E-state index contributed by atoms with van der Waals surface area (Å²) in [5.74, 6) is 0. The molecule has 0 radical (unpaired) electrons. The van der Waals surface area contributed by atoms with Crippen LogP contribution in [0, 0.1) is 6.92 Å². The predicted octanol–water partition coefficient (Wildman–Crippen LogP) is 2.94. The Bertz CT molecular complexity index is 755. The molecule has 0 aliphatic rings. The van der Waals surface area contributed by atoms with E-state index >= 15 is 0 Å². The van der Waals surface area contributed by atoms with Crippen LogP contribution in [-0.2, 0) is 14.8 Å². The third kappa shape index (κ3) is 5.19. The van der Waals surface area contributed by atoms with E-state index in [2.05, 4.69) is 15.0 Å². The summed E-state index contributed by atoms with van der Waals surface area (Å²) in [6, 6.07) is 7.36. The van der Waals surface area contributed by atoms with Crippen LogP contribution in [0.2, 0.25) is 0 Å². The molecule has 0 saturated carbocycles. The van der Waals surface area contributed by atoms with Crippen molar-refractivity contribution in [1.29, 1.82) is 0 Å². The molecule has 2 rings (SSSR count). The zero-order chi connectivity index (χ0) is 17.0. The number of thiazole rings is 1. The quantitative estimate of drug-likeness (QED) is 0.798. The average molecular weight is 355 g/mol. The number of anilines is 2. The lowest BCUT2D eigenvalue weighted by molar-refractivity contribution is 0.190. The molecule has 1 atom stereocenters. The SMILES string of the molecule is COC[C@@H](C)Nc1nc(-c2ccc(NS(C)(=O)=O)cc2)c(C)s1. The molecule has 126 valence electrons. The van der Waals surface area contributed by atoms with Gasteiger partial charge in [0.15, 0.2) is 5.13 Å². The van der Waals surface area contributed by atoms with Gasteiger partial charge >= 0.3 is 0 Å². The number of ether oxygens (including phenoxy) is 1. The molecule has 1 aromatic carbocycles. The molecule has 0 bridgehead atoms. The number of benzene rings is 1. The van der Waals surface area contributed by atoms with Crippen molar-refractivity contribution in [3.8, 4) is 11.3 Å². The largest absolute Gasteiger partial charge is 0.383 e. The van der Waals surface area contributed by atoms with Crippen LogP contribution in [0.5, 0.6) is 0 Å². The average Bonchev–Trinajstić information content (AvgIpc) is 2.79. The van der Waals surface area contributed by atoms with E-state index in [0.29, 0.717) is 12.3 Å². The number of nitrogens with one attached hydrogen (secondary N) is 2. The van der Waals surface area contributed by atoms with Gasteiger partial charge in [0, 0.05) is 29.3 Å². The number of hydrogen-bond acceptors (Lipinski definition) is 6. The molecular formula is C15H21N3O3S2. The first-order valence-corrected chi connectivity index (χ1v) is 9.80. The zero-order valence-corrected chi connectivity index (χ0v) is 15.2. The molecule has 0 amide bonds. The van der Waals surface area contributed by atoms with Crippen molar-refractivity contribution in [2.75, 3.05) is 30.0 Å². The second-order valence-electron chi connectivity index (χ2n) is 5.38. The molecule has 8 heteroatoms. The van der Waals surface area contributed by atoms with Crippen LogP contribution >= 0.6 is 11.3 Å². The Kier molecular flexibility index (Phi) is 5.61. The summed E-state index contributed by atoms with van der Waals surface area (Å²) < 4.78 is 30.0. The number of nitrogens with zero attached hydrogens (tertiary/aromatic N) is 1. The fraction of sp³-hybridized carbons (Fsp3) is 0.400. The summed E-state index contributed by atoms with van der Waals surface area (Å²) in [5.41, 5.74) is 2.38. The van der Waals surface area contributed by atoms with Crippen LogP contribution in [0.25, 0.3) is 11.3 Å². The second kappa shape index (κ2) is 7.29. The van der Waals surface area contributed by atoms with Crippen LogP contribution in [-0.4, -0.2) is 39.4 Å². The van der Waals surface area contributed by atoms with Crippen LogP contribution in [0.15, 0.2) is 24.3 Å². The molecule has 1 heterocycles. The maximum Gasteiger partial charge on any atom is 0.229 e. The Morgan fingerprint density at radius 1 is 1.30 bits per heavy atom. The van der Waals surface area contributed by atoms with Gasteiger partial charge in [0.2, 0.25) is 10.0 Å². The molecule has 2 N–H and O–H groups in total. The Morgan fingerprint density at radius 2 is 1.96 bits per heavy atom. The van der Waals surface area contributed by atoms with Crippen LogP contribution in [0.1, 0.15) is 11.8 Å². The van der Waals surface area contributed by atoms with Gasteiger partial charge in [-0.2, -0.15) is 0 Å². The molecular weight excluding hydrogens is 334 g/mol. The Labute approximate surface area is 141 Å². The summed E-state index contributed by atoms with van der Waals surface area (Å²) in [6.45, 7) is 4.66. The van der Waals surface area contributed by atoms with Crippen molar-refractivity contribution < 1.29 is 13.2 Å². The first-order chi connectivity index (χ1) is 10.8. The molecule has 0 aliphatic carbocycles. The summed E-state index contributed by atoms with van der Waals surface area (Å²) in [5, 5.41) is 4.15. The molecule has 0 aliphatic heterocycles. The summed E-state index contributed by atoms with van der Waals surface area (Å²) in [4.78, 5) is 5.72. The van der Waals surface area contributed by atoms with Gasteiger partial charge in [0.25, 0.3) is 0 Å². The minimum Gasteiger partial charge on any atom is -0.383 e. The van der Waals surface area contributed by atoms with Gasteiger partial charge in [-0.15, -0.1) is 11.3 Å². The summed E-state index contributed by atoms with van der Waals surface area (Å²) >= 11 is 1.59. The summed E-state index contributed by atoms with van der Waals surface area (Å²) in [6.07, 6.45) is 1.13. The smallest absolute Gasteiger partial charge is 0.229 e. The third-order valence-corrected chi connectivity index (χ3v) is 4.55. The highest BCUT2D eigenvalue weighted by molar-refractivity contribution is 7.92. The van der Waals surface area contributed by atoms with Crippen molar-refractivity contribution in [3.63, 3.8) is 0 Å². The second-order valence-corrected chi connectivity index (χ2v) is 8.33. The lowest BCUT2D eigenvalue weighted by atomic mass is 10.1. The van der Waals surface area contributed by atoms with Gasteiger partial charge in [-0.05, 0) is 26.0 Å². The van der Waals surface area contributed by atoms with Gasteiger partial charge < -0.3 is 10.1 Å². The molecule has 0 spiro atoms. The number of hydrogen-bond donors (Lipinski definition) is 2. The van der Waals surface area contributed by atoms with Gasteiger partial charge in [-0.1, -0.05) is 12.1 Å². The normalized spacial score (nSPS) is 12.9. The topological polar surface area (TPSA) is 80.3 Å². The van der Waals surface area contributed by atoms with E-state index in [1.807, 2.05) is 26.0 Å². The van der Waals surface area contributed by atoms with E-state index in [0.717, 1.165) is 27.5 Å². The highest BCUT2D eigenvalue weighted by Crippen LogP contribution is 2.31. The molecule has 2 aromatic rings. The fourth-order valence-electron chi connectivity index (χ4n) is 2.14. The number of aryl methyl sites for hydroxylation is 1. The highest BCUT2D eigenvalue weighted by atomic mass is 32.2. The van der Waals surface area contributed by atoms with Gasteiger partial charge in [0.1, 0.15) is 0 Å². The first kappa shape index (κ1) is 17.7. The molecule has 0 unspecified atom stereocenters. The standard InChI is InChI=1S/C15H21N3O3S2/c1-10(9-21-3)16-15-17-14(11(2)22-15)12-5-7-13(8-6-12)18-23(4,19)20/h5-8,10,18H,9H2,1-4H3,(H,16,17)/t10-/m1/s1. The van der Waals surface area contributed by atoms with E-state index in [1.54, 1.807) is 30.6 Å². The number of sulfonamides is 1. The zero-order valence-electron chi connectivity index (χ0n) is 13.6. The molecule has 0 saturated heterocycles. The lowest BCUT2D eigenvalue weighted by Gasteiger charge is -2.10. The van der Waals surface area contributed by atoms with Crippen molar-refractivity contribution in [2.45, 2.75) is 19.9 Å². The minimum absolute atomic E-state index is 0.180. The van der Waals surface area contributed by atoms with Crippen LogP contribution < -0.4 is 10.0 Å². The highest BCUT2D eigenvalue weighted by Gasteiger charge is 2.12. The van der Waals surface area contributed by atoms with E-state index < -0.39 is 10.0 Å². The lowest BCUT2D eigenvalue weighted by Crippen LogP contribution is -2.20. The summed E-state index contributed by atoms with van der Waals surface area (Å²) in [7, 11) is -1.59. The van der Waals surface area contributed by atoms with Crippen LogP contribution in [0.4, 0.5) is 10.8 Å².